The van der Waals surface area contributed by atoms with Crippen LogP contribution in [0.25, 0.3) is 0 Å². The number of benzene rings is 1. The van der Waals surface area contributed by atoms with Gasteiger partial charge in [-0.25, -0.2) is 9.59 Å². The highest BCUT2D eigenvalue weighted by Gasteiger charge is 2.46. The molecule has 2 aliphatic heterocycles. The van der Waals surface area contributed by atoms with Crippen molar-refractivity contribution < 1.29 is 24.2 Å². The maximum absolute atomic E-state index is 12.4. The van der Waals surface area contributed by atoms with Gasteiger partial charge in [-0.15, -0.1) is 0 Å². The molecule has 3 rings (SSSR count). The molecule has 2 fully saturated rings. The number of nitrogens with zero attached hydrogens (tertiary/aromatic N) is 1. The first-order valence-electron chi connectivity index (χ1n) is 7.50. The summed E-state index contributed by atoms with van der Waals surface area (Å²) in [5, 5.41) is 9.37. The molecule has 1 amide bonds. The SMILES string of the molecule is O=C(O)[C@@H]1CC[C@@H]2OCC[C@@H]2N1C(=O)OCc1ccccc1. The molecule has 0 bridgehead atoms. The van der Waals surface area contributed by atoms with E-state index < -0.39 is 18.1 Å². The van der Waals surface area contributed by atoms with Gasteiger partial charge in [-0.05, 0) is 24.8 Å². The molecule has 0 unspecified atom stereocenters. The van der Waals surface area contributed by atoms with Crippen molar-refractivity contribution in [2.75, 3.05) is 6.61 Å². The van der Waals surface area contributed by atoms with Crippen molar-refractivity contribution in [2.24, 2.45) is 0 Å². The van der Waals surface area contributed by atoms with E-state index in [0.29, 0.717) is 25.9 Å². The van der Waals surface area contributed by atoms with Crippen molar-refractivity contribution >= 4 is 12.1 Å². The Bertz CT molecular complexity index is 547. The molecule has 0 aromatic heterocycles. The molecule has 0 radical (unpaired) electrons. The largest absolute Gasteiger partial charge is 0.480 e. The number of carboxylic acid groups (broad SMARTS) is 1. The van der Waals surface area contributed by atoms with E-state index in [4.69, 9.17) is 9.47 Å². The minimum absolute atomic E-state index is 0.0696. The molecule has 118 valence electrons. The van der Waals surface area contributed by atoms with Crippen molar-refractivity contribution in [1.82, 2.24) is 4.90 Å². The molecular weight excluding hydrogens is 286 g/mol. The second-order valence-electron chi connectivity index (χ2n) is 5.64. The second kappa shape index (κ2) is 6.36. The van der Waals surface area contributed by atoms with Crippen LogP contribution in [-0.4, -0.2) is 46.9 Å². The van der Waals surface area contributed by atoms with Crippen molar-refractivity contribution in [2.45, 2.75) is 44.1 Å². The molecule has 0 spiro atoms. The van der Waals surface area contributed by atoms with E-state index in [1.54, 1.807) is 0 Å². The zero-order valence-corrected chi connectivity index (χ0v) is 12.2. The third kappa shape index (κ3) is 2.92. The smallest absolute Gasteiger partial charge is 0.411 e. The average Bonchev–Trinajstić information content (AvgIpc) is 3.01. The molecule has 0 saturated carbocycles. The number of carbonyl (C=O) groups excluding carboxylic acids is 1. The van der Waals surface area contributed by atoms with Crippen LogP contribution >= 0.6 is 0 Å². The van der Waals surface area contributed by atoms with Crippen LogP contribution in [0.4, 0.5) is 4.79 Å². The average molecular weight is 305 g/mol. The Morgan fingerprint density at radius 1 is 1.23 bits per heavy atom. The number of carbonyl (C=O) groups is 2. The molecule has 1 N–H and O–H groups in total. The molecule has 2 saturated heterocycles. The molecule has 1 aromatic rings. The fraction of sp³-hybridized carbons (Fsp3) is 0.500. The van der Waals surface area contributed by atoms with Crippen molar-refractivity contribution in [3.8, 4) is 0 Å². The van der Waals surface area contributed by atoms with Crippen LogP contribution in [-0.2, 0) is 20.9 Å². The van der Waals surface area contributed by atoms with Crippen LogP contribution in [0.3, 0.4) is 0 Å². The number of hydrogen-bond donors (Lipinski definition) is 1. The van der Waals surface area contributed by atoms with Crippen molar-refractivity contribution in [3.05, 3.63) is 35.9 Å². The topological polar surface area (TPSA) is 76.1 Å². The van der Waals surface area contributed by atoms with Gasteiger partial charge < -0.3 is 14.6 Å². The normalized spacial score (nSPS) is 27.3. The van der Waals surface area contributed by atoms with Gasteiger partial charge in [-0.3, -0.25) is 4.90 Å². The summed E-state index contributed by atoms with van der Waals surface area (Å²) < 4.78 is 10.9. The Morgan fingerprint density at radius 2 is 2.00 bits per heavy atom. The van der Waals surface area contributed by atoms with E-state index in [-0.39, 0.29) is 18.8 Å². The second-order valence-corrected chi connectivity index (χ2v) is 5.64. The Morgan fingerprint density at radius 3 is 2.73 bits per heavy atom. The number of amides is 1. The standard InChI is InChI=1S/C16H19NO5/c18-15(19)13-6-7-14-12(8-9-21-14)17(13)16(20)22-10-11-4-2-1-3-5-11/h1-5,12-14H,6-10H2,(H,18,19)/t12-,13-,14-/m0/s1. The van der Waals surface area contributed by atoms with Gasteiger partial charge in [0.25, 0.3) is 0 Å². The van der Waals surface area contributed by atoms with E-state index in [9.17, 15) is 14.7 Å². The number of piperidine rings is 1. The number of aliphatic carboxylic acids is 1. The minimum atomic E-state index is -0.984. The quantitative estimate of drug-likeness (QED) is 0.924. The fourth-order valence-corrected chi connectivity index (χ4v) is 3.22. The number of carboxylic acids is 1. The summed E-state index contributed by atoms with van der Waals surface area (Å²) in [6.45, 7) is 0.699. The van der Waals surface area contributed by atoms with E-state index in [2.05, 4.69) is 0 Å². The summed E-state index contributed by atoms with van der Waals surface area (Å²) in [5.74, 6) is -0.984. The first-order valence-corrected chi connectivity index (χ1v) is 7.50. The summed E-state index contributed by atoms with van der Waals surface area (Å²) in [7, 11) is 0. The maximum atomic E-state index is 12.4. The lowest BCUT2D eigenvalue weighted by Crippen LogP contribution is -2.57. The van der Waals surface area contributed by atoms with E-state index in [0.717, 1.165) is 5.56 Å². The van der Waals surface area contributed by atoms with Gasteiger partial charge in [0.15, 0.2) is 0 Å². The van der Waals surface area contributed by atoms with Crippen molar-refractivity contribution in [3.63, 3.8) is 0 Å². The number of rotatable bonds is 3. The molecule has 22 heavy (non-hydrogen) atoms. The van der Waals surface area contributed by atoms with Gasteiger partial charge in [-0.1, -0.05) is 30.3 Å². The van der Waals surface area contributed by atoms with Gasteiger partial charge in [0, 0.05) is 6.61 Å². The zero-order valence-electron chi connectivity index (χ0n) is 12.2. The molecular formula is C16H19NO5. The van der Waals surface area contributed by atoms with Crippen molar-refractivity contribution in [1.29, 1.82) is 0 Å². The Labute approximate surface area is 128 Å². The lowest BCUT2D eigenvalue weighted by molar-refractivity contribution is -0.146. The summed E-state index contributed by atoms with van der Waals surface area (Å²) in [6.07, 6.45) is 1.09. The molecule has 6 heteroatoms. The lowest BCUT2D eigenvalue weighted by Gasteiger charge is -2.39. The number of hydrogen-bond acceptors (Lipinski definition) is 4. The highest BCUT2D eigenvalue weighted by atomic mass is 16.6. The number of fused-ring (bicyclic) bond motifs is 1. The van der Waals surface area contributed by atoms with E-state index >= 15 is 0 Å². The predicted molar refractivity (Wildman–Crippen MR) is 77.3 cm³/mol. The zero-order chi connectivity index (χ0) is 15.5. The van der Waals surface area contributed by atoms with Crippen LogP contribution in [0.15, 0.2) is 30.3 Å². The van der Waals surface area contributed by atoms with Gasteiger partial charge >= 0.3 is 12.1 Å². The van der Waals surface area contributed by atoms with Crippen LogP contribution in [0.2, 0.25) is 0 Å². The number of likely N-dealkylation sites (tertiary alicyclic amines) is 1. The Balaban J connectivity index is 1.70. The van der Waals surface area contributed by atoms with E-state index in [1.807, 2.05) is 30.3 Å². The Kier molecular flexibility index (Phi) is 4.29. The van der Waals surface area contributed by atoms with E-state index in [1.165, 1.54) is 4.90 Å². The lowest BCUT2D eigenvalue weighted by atomic mass is 9.93. The molecule has 2 heterocycles. The van der Waals surface area contributed by atoms with Crippen LogP contribution < -0.4 is 0 Å². The Hall–Kier alpha value is -2.08. The van der Waals surface area contributed by atoms with Crippen LogP contribution in [0.1, 0.15) is 24.8 Å². The molecule has 3 atom stereocenters. The highest BCUT2D eigenvalue weighted by Crippen LogP contribution is 2.32. The monoisotopic (exact) mass is 305 g/mol. The van der Waals surface area contributed by atoms with Crippen LogP contribution in [0, 0.1) is 0 Å². The van der Waals surface area contributed by atoms with Gasteiger partial charge in [0.1, 0.15) is 12.6 Å². The summed E-state index contributed by atoms with van der Waals surface area (Å²) >= 11 is 0. The number of ether oxygens (including phenoxy) is 2. The van der Waals surface area contributed by atoms with Gasteiger partial charge in [0.05, 0.1) is 12.1 Å². The molecule has 6 nitrogen and oxygen atoms in total. The third-order valence-corrected chi connectivity index (χ3v) is 4.29. The summed E-state index contributed by atoms with van der Waals surface area (Å²) in [4.78, 5) is 25.2. The van der Waals surface area contributed by atoms with Gasteiger partial charge in [0.2, 0.25) is 0 Å². The highest BCUT2D eigenvalue weighted by molar-refractivity contribution is 5.80. The first-order chi connectivity index (χ1) is 10.7. The minimum Gasteiger partial charge on any atom is -0.480 e. The fourth-order valence-electron chi connectivity index (χ4n) is 3.22. The summed E-state index contributed by atoms with van der Waals surface area (Å²) in [5.41, 5.74) is 0.874. The predicted octanol–water partition coefficient (Wildman–Crippen LogP) is 2.03. The third-order valence-electron chi connectivity index (χ3n) is 4.29. The van der Waals surface area contributed by atoms with Gasteiger partial charge in [-0.2, -0.15) is 0 Å². The maximum Gasteiger partial charge on any atom is 0.411 e. The van der Waals surface area contributed by atoms with Crippen LogP contribution in [0.5, 0.6) is 0 Å². The molecule has 0 aliphatic carbocycles. The summed E-state index contributed by atoms with van der Waals surface area (Å²) in [6, 6.07) is 8.32. The molecule has 1 aromatic carbocycles. The first kappa shape index (κ1) is 14.8. The molecule has 2 aliphatic rings.